The number of nitrogens with one attached hydrogen (secondary N) is 1. The van der Waals surface area contributed by atoms with E-state index in [2.05, 4.69) is 5.32 Å². The van der Waals surface area contributed by atoms with E-state index in [1.165, 1.54) is 0 Å². The van der Waals surface area contributed by atoms with Crippen LogP contribution in [0.15, 0.2) is 41.0 Å². The predicted molar refractivity (Wildman–Crippen MR) is 78.1 cm³/mol. The molecule has 1 atom stereocenters. The van der Waals surface area contributed by atoms with Crippen LogP contribution in [-0.4, -0.2) is 24.4 Å². The Hall–Kier alpha value is -1.49. The van der Waals surface area contributed by atoms with Crippen LogP contribution >= 0.6 is 11.6 Å². The molecule has 5 heteroatoms. The smallest absolute Gasteiger partial charge is 0.119 e. The van der Waals surface area contributed by atoms with Gasteiger partial charge in [-0.3, -0.25) is 0 Å². The van der Waals surface area contributed by atoms with Crippen molar-refractivity contribution in [2.75, 3.05) is 13.2 Å². The maximum atomic E-state index is 9.82. The quantitative estimate of drug-likeness (QED) is 0.825. The van der Waals surface area contributed by atoms with E-state index < -0.39 is 6.10 Å². The number of rotatable bonds is 7. The van der Waals surface area contributed by atoms with Gasteiger partial charge < -0.3 is 19.6 Å². The SMILES string of the molecule is Cc1cc(OC[C@@H](O)CNCc2ccco2)ccc1Cl. The fraction of sp³-hybridized carbons (Fsp3) is 0.333. The topological polar surface area (TPSA) is 54.6 Å². The molecule has 0 bridgehead atoms. The third kappa shape index (κ3) is 4.56. The molecule has 0 aliphatic carbocycles. The molecule has 108 valence electrons. The second-order valence-electron chi connectivity index (χ2n) is 4.59. The summed E-state index contributed by atoms with van der Waals surface area (Å²) in [5.74, 6) is 1.54. The van der Waals surface area contributed by atoms with E-state index in [9.17, 15) is 5.11 Å². The predicted octanol–water partition coefficient (Wildman–Crippen LogP) is 2.77. The molecule has 4 nitrogen and oxygen atoms in total. The van der Waals surface area contributed by atoms with Gasteiger partial charge in [0.05, 0.1) is 12.8 Å². The number of furan rings is 1. The zero-order chi connectivity index (χ0) is 14.4. The van der Waals surface area contributed by atoms with Crippen LogP contribution in [0.3, 0.4) is 0 Å². The van der Waals surface area contributed by atoms with Gasteiger partial charge in [-0.1, -0.05) is 11.6 Å². The molecule has 1 aromatic heterocycles. The van der Waals surface area contributed by atoms with Crippen LogP contribution in [0.25, 0.3) is 0 Å². The summed E-state index contributed by atoms with van der Waals surface area (Å²) in [7, 11) is 0. The lowest BCUT2D eigenvalue weighted by molar-refractivity contribution is 0.105. The van der Waals surface area contributed by atoms with Gasteiger partial charge in [0.2, 0.25) is 0 Å². The van der Waals surface area contributed by atoms with E-state index >= 15 is 0 Å². The minimum Gasteiger partial charge on any atom is -0.491 e. The monoisotopic (exact) mass is 295 g/mol. The van der Waals surface area contributed by atoms with Crippen molar-refractivity contribution < 1.29 is 14.3 Å². The normalized spacial score (nSPS) is 12.3. The molecule has 2 aromatic rings. The molecule has 0 saturated heterocycles. The van der Waals surface area contributed by atoms with Crippen LogP contribution in [0.1, 0.15) is 11.3 Å². The summed E-state index contributed by atoms with van der Waals surface area (Å²) < 4.78 is 10.7. The van der Waals surface area contributed by atoms with Gasteiger partial charge in [-0.2, -0.15) is 0 Å². The van der Waals surface area contributed by atoms with E-state index in [4.69, 9.17) is 20.8 Å². The fourth-order valence-corrected chi connectivity index (χ4v) is 1.85. The van der Waals surface area contributed by atoms with Crippen molar-refractivity contribution in [3.8, 4) is 5.75 Å². The Morgan fingerprint density at radius 2 is 2.25 bits per heavy atom. The molecule has 2 rings (SSSR count). The van der Waals surface area contributed by atoms with Gasteiger partial charge in [0.15, 0.2) is 0 Å². The van der Waals surface area contributed by atoms with E-state index in [0.29, 0.717) is 23.9 Å². The highest BCUT2D eigenvalue weighted by Gasteiger charge is 2.06. The molecule has 0 radical (unpaired) electrons. The molecule has 2 N–H and O–H groups in total. The lowest BCUT2D eigenvalue weighted by Gasteiger charge is -2.13. The summed E-state index contributed by atoms with van der Waals surface area (Å²) in [6, 6.07) is 9.14. The molecule has 0 unspecified atom stereocenters. The number of aliphatic hydroxyl groups is 1. The van der Waals surface area contributed by atoms with Gasteiger partial charge in [-0.05, 0) is 42.8 Å². The largest absolute Gasteiger partial charge is 0.491 e. The summed E-state index contributed by atoms with van der Waals surface area (Å²) in [6.45, 7) is 3.17. The number of halogens is 1. The van der Waals surface area contributed by atoms with Crippen molar-refractivity contribution in [3.05, 3.63) is 52.9 Å². The Kier molecular flexibility index (Phi) is 5.47. The molecule has 0 amide bonds. The number of aryl methyl sites for hydroxylation is 1. The number of aliphatic hydroxyl groups excluding tert-OH is 1. The van der Waals surface area contributed by atoms with Crippen LogP contribution in [0.4, 0.5) is 0 Å². The van der Waals surface area contributed by atoms with Crippen molar-refractivity contribution >= 4 is 11.6 Å². The second kappa shape index (κ2) is 7.33. The summed E-state index contributed by atoms with van der Waals surface area (Å²) in [5.41, 5.74) is 0.953. The standard InChI is InChI=1S/C15H18ClNO3/c1-11-7-13(4-5-15(11)16)20-10-12(18)8-17-9-14-3-2-6-19-14/h2-7,12,17-18H,8-10H2,1H3/t12-/m0/s1. The highest BCUT2D eigenvalue weighted by molar-refractivity contribution is 6.31. The average molecular weight is 296 g/mol. The Morgan fingerprint density at radius 1 is 1.40 bits per heavy atom. The van der Waals surface area contributed by atoms with Crippen molar-refractivity contribution in [2.24, 2.45) is 0 Å². The van der Waals surface area contributed by atoms with E-state index in [1.54, 1.807) is 18.4 Å². The summed E-state index contributed by atoms with van der Waals surface area (Å²) in [4.78, 5) is 0. The minimum atomic E-state index is -0.582. The van der Waals surface area contributed by atoms with E-state index in [0.717, 1.165) is 11.3 Å². The van der Waals surface area contributed by atoms with Gasteiger partial charge in [-0.15, -0.1) is 0 Å². The first kappa shape index (κ1) is 14.9. The Morgan fingerprint density at radius 3 is 2.95 bits per heavy atom. The highest BCUT2D eigenvalue weighted by atomic mass is 35.5. The lowest BCUT2D eigenvalue weighted by atomic mass is 10.2. The molecule has 0 saturated carbocycles. The minimum absolute atomic E-state index is 0.228. The molecular formula is C15H18ClNO3. The molecule has 20 heavy (non-hydrogen) atoms. The molecule has 0 fully saturated rings. The van der Waals surface area contributed by atoms with Gasteiger partial charge in [0.25, 0.3) is 0 Å². The number of hydrogen-bond donors (Lipinski definition) is 2. The Labute approximate surface area is 123 Å². The van der Waals surface area contributed by atoms with Gasteiger partial charge in [0, 0.05) is 11.6 Å². The van der Waals surface area contributed by atoms with Gasteiger partial charge >= 0.3 is 0 Å². The lowest BCUT2D eigenvalue weighted by Crippen LogP contribution is -2.31. The summed E-state index contributed by atoms with van der Waals surface area (Å²) in [6.07, 6.45) is 1.04. The zero-order valence-corrected chi connectivity index (χ0v) is 12.1. The third-order valence-corrected chi connectivity index (χ3v) is 3.26. The maximum Gasteiger partial charge on any atom is 0.119 e. The molecule has 1 aromatic carbocycles. The first-order chi connectivity index (χ1) is 9.65. The first-order valence-corrected chi connectivity index (χ1v) is 6.83. The van der Waals surface area contributed by atoms with Crippen LogP contribution in [0.5, 0.6) is 5.75 Å². The maximum absolute atomic E-state index is 9.82. The molecule has 0 spiro atoms. The first-order valence-electron chi connectivity index (χ1n) is 6.45. The molecular weight excluding hydrogens is 278 g/mol. The average Bonchev–Trinajstić information content (AvgIpc) is 2.93. The number of hydrogen-bond acceptors (Lipinski definition) is 4. The summed E-state index contributed by atoms with van der Waals surface area (Å²) >= 11 is 5.94. The Bertz CT molecular complexity index is 528. The second-order valence-corrected chi connectivity index (χ2v) is 4.99. The van der Waals surface area contributed by atoms with Crippen LogP contribution < -0.4 is 10.1 Å². The summed E-state index contributed by atoms with van der Waals surface area (Å²) in [5, 5.41) is 13.6. The third-order valence-electron chi connectivity index (χ3n) is 2.83. The van der Waals surface area contributed by atoms with E-state index in [1.807, 2.05) is 25.1 Å². The van der Waals surface area contributed by atoms with Crippen LogP contribution in [-0.2, 0) is 6.54 Å². The van der Waals surface area contributed by atoms with Crippen molar-refractivity contribution in [3.63, 3.8) is 0 Å². The molecule has 0 aliphatic heterocycles. The molecule has 1 heterocycles. The van der Waals surface area contributed by atoms with Crippen LogP contribution in [0, 0.1) is 6.92 Å². The van der Waals surface area contributed by atoms with Gasteiger partial charge in [-0.25, -0.2) is 0 Å². The van der Waals surface area contributed by atoms with Crippen molar-refractivity contribution in [2.45, 2.75) is 19.6 Å². The van der Waals surface area contributed by atoms with Crippen LogP contribution in [0.2, 0.25) is 5.02 Å². The van der Waals surface area contributed by atoms with E-state index in [-0.39, 0.29) is 6.61 Å². The van der Waals surface area contributed by atoms with Crippen molar-refractivity contribution in [1.29, 1.82) is 0 Å². The highest BCUT2D eigenvalue weighted by Crippen LogP contribution is 2.21. The number of ether oxygens (including phenoxy) is 1. The fourth-order valence-electron chi connectivity index (χ4n) is 1.73. The van der Waals surface area contributed by atoms with Gasteiger partial charge in [0.1, 0.15) is 24.2 Å². The molecule has 0 aliphatic rings. The number of benzene rings is 1. The Balaban J connectivity index is 1.69. The van der Waals surface area contributed by atoms with Crippen molar-refractivity contribution in [1.82, 2.24) is 5.32 Å². The zero-order valence-electron chi connectivity index (χ0n) is 11.3.